The Balaban J connectivity index is 1.98. The molecule has 106 valence electrons. The molecule has 1 aliphatic heterocycles. The van der Waals surface area contributed by atoms with E-state index in [4.69, 9.17) is 0 Å². The topological polar surface area (TPSA) is 54.3 Å². The highest BCUT2D eigenvalue weighted by atomic mass is 32.1. The standard InChI is InChI=1S/C13H21N3O2S/c1-9-8-14-5-7-15(9)12(17)4-6-16-10(2)11(3)19-13(16)18/h9,14H,4-8H2,1-3H3/t9-/m1/s1. The second-order valence-electron chi connectivity index (χ2n) is 5.05. The second kappa shape index (κ2) is 5.88. The van der Waals surface area contributed by atoms with Gasteiger partial charge in [0.15, 0.2) is 0 Å². The van der Waals surface area contributed by atoms with E-state index in [2.05, 4.69) is 12.2 Å². The molecule has 0 unspecified atom stereocenters. The highest BCUT2D eigenvalue weighted by Gasteiger charge is 2.22. The van der Waals surface area contributed by atoms with Gasteiger partial charge in [-0.1, -0.05) is 11.3 Å². The molecule has 1 aromatic heterocycles. The Bertz CT molecular complexity index is 520. The molecule has 1 aliphatic rings. The van der Waals surface area contributed by atoms with Gasteiger partial charge in [0, 0.05) is 49.2 Å². The fraction of sp³-hybridized carbons (Fsp3) is 0.692. The van der Waals surface area contributed by atoms with Crippen LogP contribution >= 0.6 is 11.3 Å². The van der Waals surface area contributed by atoms with Gasteiger partial charge in [-0.15, -0.1) is 0 Å². The number of thiazole rings is 1. The summed E-state index contributed by atoms with van der Waals surface area (Å²) in [6.07, 6.45) is 0.404. The van der Waals surface area contributed by atoms with E-state index in [1.807, 2.05) is 18.7 Å². The van der Waals surface area contributed by atoms with Gasteiger partial charge in [0.1, 0.15) is 0 Å². The Labute approximate surface area is 117 Å². The van der Waals surface area contributed by atoms with Crippen molar-refractivity contribution < 1.29 is 4.79 Å². The Morgan fingerprint density at radius 2 is 2.21 bits per heavy atom. The van der Waals surface area contributed by atoms with E-state index in [1.165, 1.54) is 11.3 Å². The van der Waals surface area contributed by atoms with Gasteiger partial charge in [0.25, 0.3) is 0 Å². The van der Waals surface area contributed by atoms with Gasteiger partial charge in [-0.3, -0.25) is 9.59 Å². The maximum absolute atomic E-state index is 12.2. The normalized spacial score (nSPS) is 19.7. The van der Waals surface area contributed by atoms with Gasteiger partial charge < -0.3 is 14.8 Å². The average molecular weight is 283 g/mol. The molecular weight excluding hydrogens is 262 g/mol. The van der Waals surface area contributed by atoms with Crippen LogP contribution in [-0.2, 0) is 11.3 Å². The first-order chi connectivity index (χ1) is 9.00. The number of piperazine rings is 1. The summed E-state index contributed by atoms with van der Waals surface area (Å²) >= 11 is 1.26. The zero-order valence-electron chi connectivity index (χ0n) is 11.7. The lowest BCUT2D eigenvalue weighted by atomic mass is 10.2. The number of nitrogens with one attached hydrogen (secondary N) is 1. The van der Waals surface area contributed by atoms with Crippen LogP contribution in [0.1, 0.15) is 23.9 Å². The molecule has 1 fully saturated rings. The monoisotopic (exact) mass is 283 g/mol. The summed E-state index contributed by atoms with van der Waals surface area (Å²) in [4.78, 5) is 26.9. The SMILES string of the molecule is Cc1sc(=O)n(CCC(=O)N2CCNC[C@H]2C)c1C. The molecule has 1 saturated heterocycles. The van der Waals surface area contributed by atoms with Gasteiger partial charge in [-0.2, -0.15) is 0 Å². The number of hydrogen-bond donors (Lipinski definition) is 1. The third-order valence-corrected chi connectivity index (χ3v) is 4.74. The van der Waals surface area contributed by atoms with Gasteiger partial charge in [0.05, 0.1) is 0 Å². The number of nitrogens with zero attached hydrogens (tertiary/aromatic N) is 2. The van der Waals surface area contributed by atoms with Crippen molar-refractivity contribution in [2.24, 2.45) is 0 Å². The average Bonchev–Trinajstić information content (AvgIpc) is 2.61. The van der Waals surface area contributed by atoms with Crippen LogP contribution < -0.4 is 10.2 Å². The summed E-state index contributed by atoms with van der Waals surface area (Å²) < 4.78 is 1.71. The molecule has 0 saturated carbocycles. The molecule has 6 heteroatoms. The zero-order valence-corrected chi connectivity index (χ0v) is 12.5. The van der Waals surface area contributed by atoms with E-state index in [0.29, 0.717) is 13.0 Å². The van der Waals surface area contributed by atoms with Crippen LogP contribution in [0.15, 0.2) is 4.79 Å². The van der Waals surface area contributed by atoms with Gasteiger partial charge in [-0.25, -0.2) is 0 Å². The Kier molecular flexibility index (Phi) is 4.42. The minimum Gasteiger partial charge on any atom is -0.337 e. The van der Waals surface area contributed by atoms with Crippen molar-refractivity contribution in [1.82, 2.24) is 14.8 Å². The minimum atomic E-state index is 0.0381. The number of rotatable bonds is 3. The molecule has 1 aromatic rings. The van der Waals surface area contributed by atoms with Crippen molar-refractivity contribution in [3.63, 3.8) is 0 Å². The van der Waals surface area contributed by atoms with Crippen molar-refractivity contribution in [3.8, 4) is 0 Å². The van der Waals surface area contributed by atoms with Crippen molar-refractivity contribution in [2.75, 3.05) is 19.6 Å². The van der Waals surface area contributed by atoms with Crippen molar-refractivity contribution in [3.05, 3.63) is 20.2 Å². The lowest BCUT2D eigenvalue weighted by Crippen LogP contribution is -2.52. The smallest absolute Gasteiger partial charge is 0.307 e. The lowest BCUT2D eigenvalue weighted by molar-refractivity contribution is -0.134. The molecular formula is C13H21N3O2S. The van der Waals surface area contributed by atoms with E-state index in [9.17, 15) is 9.59 Å². The first-order valence-corrected chi connectivity index (χ1v) is 7.49. The molecule has 1 N–H and O–H groups in total. The molecule has 0 radical (unpaired) electrons. The van der Waals surface area contributed by atoms with Crippen molar-refractivity contribution in [1.29, 1.82) is 0 Å². The summed E-state index contributed by atoms with van der Waals surface area (Å²) in [6.45, 7) is 8.88. The van der Waals surface area contributed by atoms with Gasteiger partial charge in [0.2, 0.25) is 5.91 Å². The van der Waals surface area contributed by atoms with E-state index in [0.717, 1.165) is 30.2 Å². The minimum absolute atomic E-state index is 0.0381. The molecule has 2 rings (SSSR count). The lowest BCUT2D eigenvalue weighted by Gasteiger charge is -2.34. The summed E-state index contributed by atoms with van der Waals surface area (Å²) in [7, 11) is 0. The number of carbonyl (C=O) groups is 1. The van der Waals surface area contributed by atoms with Crippen LogP contribution in [-0.4, -0.2) is 41.1 Å². The summed E-state index contributed by atoms with van der Waals surface area (Å²) in [5.74, 6) is 0.143. The predicted molar refractivity (Wildman–Crippen MR) is 76.7 cm³/mol. The summed E-state index contributed by atoms with van der Waals surface area (Å²) in [5.41, 5.74) is 0.983. The third-order valence-electron chi connectivity index (χ3n) is 3.75. The fourth-order valence-electron chi connectivity index (χ4n) is 2.41. The Hall–Kier alpha value is -1.14. The molecule has 0 spiro atoms. The van der Waals surface area contributed by atoms with Gasteiger partial charge >= 0.3 is 4.87 Å². The molecule has 1 atom stereocenters. The van der Waals surface area contributed by atoms with Crippen LogP contribution in [0.25, 0.3) is 0 Å². The van der Waals surface area contributed by atoms with Crippen molar-refractivity contribution in [2.45, 2.75) is 39.8 Å². The fourth-order valence-corrected chi connectivity index (χ4v) is 3.27. The van der Waals surface area contributed by atoms with Crippen LogP contribution in [0.2, 0.25) is 0 Å². The number of aryl methyl sites for hydroxylation is 1. The molecule has 5 nitrogen and oxygen atoms in total. The number of aromatic nitrogens is 1. The largest absolute Gasteiger partial charge is 0.337 e. The van der Waals surface area contributed by atoms with E-state index in [-0.39, 0.29) is 16.8 Å². The maximum atomic E-state index is 12.2. The number of hydrogen-bond acceptors (Lipinski definition) is 4. The maximum Gasteiger partial charge on any atom is 0.307 e. The summed E-state index contributed by atoms with van der Waals surface area (Å²) in [5, 5.41) is 3.27. The first-order valence-electron chi connectivity index (χ1n) is 6.67. The molecule has 2 heterocycles. The van der Waals surface area contributed by atoms with Gasteiger partial charge in [-0.05, 0) is 20.8 Å². The highest BCUT2D eigenvalue weighted by molar-refractivity contribution is 7.09. The van der Waals surface area contributed by atoms with E-state index >= 15 is 0 Å². The molecule has 1 amide bonds. The quantitative estimate of drug-likeness (QED) is 0.890. The molecule has 0 aromatic carbocycles. The Morgan fingerprint density at radius 3 is 2.79 bits per heavy atom. The summed E-state index contributed by atoms with van der Waals surface area (Å²) in [6, 6.07) is 0.239. The zero-order chi connectivity index (χ0) is 14.0. The second-order valence-corrected chi connectivity index (χ2v) is 6.22. The Morgan fingerprint density at radius 1 is 1.47 bits per heavy atom. The van der Waals surface area contributed by atoms with Crippen LogP contribution in [0.3, 0.4) is 0 Å². The van der Waals surface area contributed by atoms with E-state index in [1.54, 1.807) is 4.57 Å². The van der Waals surface area contributed by atoms with E-state index < -0.39 is 0 Å². The third kappa shape index (κ3) is 3.06. The number of carbonyl (C=O) groups excluding carboxylic acids is 1. The van der Waals surface area contributed by atoms with Crippen LogP contribution in [0, 0.1) is 13.8 Å². The highest BCUT2D eigenvalue weighted by Crippen LogP contribution is 2.11. The first kappa shape index (κ1) is 14.3. The molecule has 0 bridgehead atoms. The van der Waals surface area contributed by atoms with Crippen LogP contribution in [0.4, 0.5) is 0 Å². The van der Waals surface area contributed by atoms with Crippen molar-refractivity contribution >= 4 is 17.2 Å². The number of amides is 1. The van der Waals surface area contributed by atoms with Crippen LogP contribution in [0.5, 0.6) is 0 Å². The molecule has 19 heavy (non-hydrogen) atoms. The molecule has 0 aliphatic carbocycles. The predicted octanol–water partition coefficient (Wildman–Crippen LogP) is 0.737.